The molecule has 5 nitrogen and oxygen atoms in total. The first-order chi connectivity index (χ1) is 8.91. The van der Waals surface area contributed by atoms with E-state index >= 15 is 0 Å². The average molecular weight is 266 g/mol. The van der Waals surface area contributed by atoms with Gasteiger partial charge >= 0.3 is 0 Å². The second-order valence-electron chi connectivity index (χ2n) is 5.75. The van der Waals surface area contributed by atoms with Gasteiger partial charge in [-0.05, 0) is 19.3 Å². The van der Waals surface area contributed by atoms with Crippen LogP contribution in [0, 0.1) is 12.8 Å². The van der Waals surface area contributed by atoms with Crippen LogP contribution in [0.1, 0.15) is 54.9 Å². The molecule has 2 unspecified atom stereocenters. The van der Waals surface area contributed by atoms with Crippen molar-refractivity contribution in [1.29, 1.82) is 0 Å². The van der Waals surface area contributed by atoms with Gasteiger partial charge in [0.2, 0.25) is 0 Å². The van der Waals surface area contributed by atoms with Crippen LogP contribution in [-0.2, 0) is 0 Å². The highest BCUT2D eigenvalue weighted by molar-refractivity contribution is 5.96. The first-order valence-corrected chi connectivity index (χ1v) is 6.85. The zero-order chi connectivity index (χ0) is 14.2. The Balaban J connectivity index is 2.23. The van der Waals surface area contributed by atoms with Gasteiger partial charge < -0.3 is 14.5 Å². The smallest absolute Gasteiger partial charge is 0.259 e. The van der Waals surface area contributed by atoms with Gasteiger partial charge in [0.1, 0.15) is 5.56 Å². The minimum Gasteiger partial charge on any atom is -0.393 e. The number of nitrogens with zero attached hydrogens (tertiary/aromatic N) is 2. The van der Waals surface area contributed by atoms with E-state index in [0.717, 1.165) is 0 Å². The molecule has 0 aromatic carbocycles. The topological polar surface area (TPSA) is 66.6 Å². The predicted octanol–water partition coefficient (Wildman–Crippen LogP) is 1.95. The summed E-state index contributed by atoms with van der Waals surface area (Å²) in [7, 11) is 0. The molecule has 106 valence electrons. The molecule has 19 heavy (non-hydrogen) atoms. The van der Waals surface area contributed by atoms with E-state index in [2.05, 4.69) is 5.16 Å². The minimum atomic E-state index is -0.308. The third kappa shape index (κ3) is 2.66. The zero-order valence-corrected chi connectivity index (χ0v) is 12.0. The van der Waals surface area contributed by atoms with E-state index in [0.29, 0.717) is 36.5 Å². The second kappa shape index (κ2) is 5.33. The number of amides is 1. The fourth-order valence-corrected chi connectivity index (χ4v) is 2.52. The SMILES string of the molecule is Cc1noc(C(C)C)c1C(=O)N1CCC(O)C(C)C1. The number of aromatic nitrogens is 1. The summed E-state index contributed by atoms with van der Waals surface area (Å²) in [5.41, 5.74) is 1.24. The fourth-order valence-electron chi connectivity index (χ4n) is 2.52. The number of aliphatic hydroxyl groups excluding tert-OH is 1. The summed E-state index contributed by atoms with van der Waals surface area (Å²) in [6, 6.07) is 0. The Morgan fingerprint density at radius 3 is 2.79 bits per heavy atom. The van der Waals surface area contributed by atoms with E-state index in [9.17, 15) is 9.90 Å². The molecule has 0 saturated carbocycles. The van der Waals surface area contributed by atoms with Gasteiger partial charge in [0.15, 0.2) is 5.76 Å². The Bertz CT molecular complexity index is 467. The summed E-state index contributed by atoms with van der Waals surface area (Å²) < 4.78 is 5.27. The van der Waals surface area contributed by atoms with Crippen LogP contribution in [0.15, 0.2) is 4.52 Å². The average Bonchev–Trinajstić information content (AvgIpc) is 2.74. The van der Waals surface area contributed by atoms with Crippen molar-refractivity contribution in [1.82, 2.24) is 10.1 Å². The summed E-state index contributed by atoms with van der Waals surface area (Å²) in [6.45, 7) is 8.91. The zero-order valence-electron chi connectivity index (χ0n) is 12.0. The number of aryl methyl sites for hydroxylation is 1. The van der Waals surface area contributed by atoms with Gasteiger partial charge in [0.05, 0.1) is 11.8 Å². The van der Waals surface area contributed by atoms with E-state index in [4.69, 9.17) is 4.52 Å². The molecule has 2 atom stereocenters. The van der Waals surface area contributed by atoms with Gasteiger partial charge in [-0.15, -0.1) is 0 Å². The molecule has 0 radical (unpaired) electrons. The predicted molar refractivity (Wildman–Crippen MR) is 71.0 cm³/mol. The van der Waals surface area contributed by atoms with Crippen LogP contribution in [0.5, 0.6) is 0 Å². The molecule has 1 aliphatic heterocycles. The highest BCUT2D eigenvalue weighted by atomic mass is 16.5. The number of likely N-dealkylation sites (tertiary alicyclic amines) is 1. The van der Waals surface area contributed by atoms with Crippen molar-refractivity contribution in [2.45, 2.75) is 46.1 Å². The van der Waals surface area contributed by atoms with Gasteiger partial charge in [-0.25, -0.2) is 0 Å². The Kier molecular flexibility index (Phi) is 3.94. The van der Waals surface area contributed by atoms with Crippen molar-refractivity contribution in [2.75, 3.05) is 13.1 Å². The third-order valence-corrected chi connectivity index (χ3v) is 3.77. The van der Waals surface area contributed by atoms with Crippen LogP contribution in [0.2, 0.25) is 0 Å². The van der Waals surface area contributed by atoms with Crippen LogP contribution in [0.3, 0.4) is 0 Å². The first kappa shape index (κ1) is 14.1. The van der Waals surface area contributed by atoms with Crippen LogP contribution in [-0.4, -0.2) is 40.3 Å². The number of piperidine rings is 1. The maximum atomic E-state index is 12.6. The fraction of sp³-hybridized carbons (Fsp3) is 0.714. The summed E-state index contributed by atoms with van der Waals surface area (Å²) in [6.07, 6.45) is 0.325. The summed E-state index contributed by atoms with van der Waals surface area (Å²) in [4.78, 5) is 14.4. The van der Waals surface area contributed by atoms with E-state index < -0.39 is 0 Å². The maximum Gasteiger partial charge on any atom is 0.259 e. The number of aliphatic hydroxyl groups is 1. The normalized spacial score (nSPS) is 24.0. The molecule has 0 aliphatic carbocycles. The van der Waals surface area contributed by atoms with E-state index in [1.165, 1.54) is 0 Å². The van der Waals surface area contributed by atoms with Crippen molar-refractivity contribution in [2.24, 2.45) is 5.92 Å². The van der Waals surface area contributed by atoms with Crippen LogP contribution < -0.4 is 0 Å². The third-order valence-electron chi connectivity index (χ3n) is 3.77. The highest BCUT2D eigenvalue weighted by Crippen LogP contribution is 2.26. The molecule has 2 heterocycles. The van der Waals surface area contributed by atoms with Crippen LogP contribution in [0.4, 0.5) is 0 Å². The van der Waals surface area contributed by atoms with Crippen LogP contribution >= 0.6 is 0 Å². The van der Waals surface area contributed by atoms with Crippen molar-refractivity contribution in [3.63, 3.8) is 0 Å². The van der Waals surface area contributed by atoms with Gasteiger partial charge in [-0.2, -0.15) is 0 Å². The quantitative estimate of drug-likeness (QED) is 0.888. The summed E-state index contributed by atoms with van der Waals surface area (Å²) in [5, 5.41) is 13.7. The number of hydrogen-bond donors (Lipinski definition) is 1. The Labute approximate surface area is 113 Å². The molecule has 0 bridgehead atoms. The summed E-state index contributed by atoms with van der Waals surface area (Å²) >= 11 is 0. The van der Waals surface area contributed by atoms with Crippen molar-refractivity contribution in [3.05, 3.63) is 17.0 Å². The van der Waals surface area contributed by atoms with Gasteiger partial charge in [-0.3, -0.25) is 4.79 Å². The molecule has 5 heteroatoms. The number of carbonyl (C=O) groups excluding carboxylic acids is 1. The number of hydrogen-bond acceptors (Lipinski definition) is 4. The second-order valence-corrected chi connectivity index (χ2v) is 5.75. The van der Waals surface area contributed by atoms with Crippen molar-refractivity contribution >= 4 is 5.91 Å². The van der Waals surface area contributed by atoms with Crippen LogP contribution in [0.25, 0.3) is 0 Å². The lowest BCUT2D eigenvalue weighted by Crippen LogP contribution is -2.45. The minimum absolute atomic E-state index is 0.0267. The molecule has 1 aliphatic rings. The first-order valence-electron chi connectivity index (χ1n) is 6.85. The number of rotatable bonds is 2. The largest absolute Gasteiger partial charge is 0.393 e. The van der Waals surface area contributed by atoms with Gasteiger partial charge in [0, 0.05) is 19.0 Å². The van der Waals surface area contributed by atoms with Crippen molar-refractivity contribution in [3.8, 4) is 0 Å². The monoisotopic (exact) mass is 266 g/mol. The summed E-state index contributed by atoms with van der Waals surface area (Å²) in [5.74, 6) is 0.871. The Morgan fingerprint density at radius 1 is 1.53 bits per heavy atom. The molecule has 1 fully saturated rings. The molecular formula is C14H22N2O3. The standard InChI is InChI=1S/C14H22N2O3/c1-8(2)13-12(10(4)15-19-13)14(18)16-6-5-11(17)9(3)7-16/h8-9,11,17H,5-7H2,1-4H3. The molecular weight excluding hydrogens is 244 g/mol. The highest BCUT2D eigenvalue weighted by Gasteiger charge is 2.31. The molecule has 1 amide bonds. The van der Waals surface area contributed by atoms with E-state index in [-0.39, 0.29) is 23.8 Å². The van der Waals surface area contributed by atoms with Gasteiger partial charge in [-0.1, -0.05) is 25.9 Å². The molecule has 0 spiro atoms. The van der Waals surface area contributed by atoms with E-state index in [1.807, 2.05) is 20.8 Å². The lowest BCUT2D eigenvalue weighted by Gasteiger charge is -2.34. The Morgan fingerprint density at radius 2 is 2.21 bits per heavy atom. The van der Waals surface area contributed by atoms with E-state index in [1.54, 1.807) is 11.8 Å². The molecule has 1 N–H and O–H groups in total. The molecule has 1 aromatic rings. The lowest BCUT2D eigenvalue weighted by atomic mass is 9.95. The maximum absolute atomic E-state index is 12.6. The molecule has 2 rings (SSSR count). The lowest BCUT2D eigenvalue weighted by molar-refractivity contribution is 0.0296. The van der Waals surface area contributed by atoms with Gasteiger partial charge in [0.25, 0.3) is 5.91 Å². The molecule has 1 saturated heterocycles. The number of carbonyl (C=O) groups is 1. The van der Waals surface area contributed by atoms with Crippen molar-refractivity contribution < 1.29 is 14.4 Å². The molecule has 1 aromatic heterocycles. The Hall–Kier alpha value is -1.36.